The number of nitrogens with zero attached hydrogens (tertiary/aromatic N) is 2. The lowest BCUT2D eigenvalue weighted by atomic mass is 10.1. The van der Waals surface area contributed by atoms with Crippen LogP contribution in [0.2, 0.25) is 0 Å². The third kappa shape index (κ3) is 4.18. The smallest absolute Gasteiger partial charge is 0.385 e. The van der Waals surface area contributed by atoms with E-state index >= 15 is 0 Å². The van der Waals surface area contributed by atoms with Crippen molar-refractivity contribution < 1.29 is 21.6 Å². The van der Waals surface area contributed by atoms with E-state index in [4.69, 9.17) is 5.14 Å². The maximum absolute atomic E-state index is 13.2. The van der Waals surface area contributed by atoms with Crippen molar-refractivity contribution >= 4 is 15.7 Å². The molecule has 28 heavy (non-hydrogen) atoms. The van der Waals surface area contributed by atoms with Gasteiger partial charge in [-0.05, 0) is 49.4 Å². The number of sulfonamides is 1. The van der Waals surface area contributed by atoms with Crippen LogP contribution >= 0.6 is 0 Å². The number of benzene rings is 2. The van der Waals surface area contributed by atoms with Crippen LogP contribution in [-0.4, -0.2) is 24.7 Å². The third-order valence-corrected chi connectivity index (χ3v) is 4.90. The fraction of sp³-hybridized carbons (Fsp3) is 0.167. The monoisotopic (exact) mass is 410 g/mol. The molecule has 0 aliphatic carbocycles. The summed E-state index contributed by atoms with van der Waals surface area (Å²) in [4.78, 5) is -0.143. The van der Waals surface area contributed by atoms with Crippen molar-refractivity contribution in [2.75, 3.05) is 11.9 Å². The number of nitrogens with one attached hydrogen (secondary N) is 1. The van der Waals surface area contributed by atoms with Gasteiger partial charge in [-0.2, -0.15) is 18.3 Å². The molecule has 0 spiro atoms. The van der Waals surface area contributed by atoms with E-state index in [-0.39, 0.29) is 16.3 Å². The van der Waals surface area contributed by atoms with Crippen LogP contribution in [0.5, 0.6) is 0 Å². The lowest BCUT2D eigenvalue weighted by molar-refractivity contribution is -0.141. The van der Waals surface area contributed by atoms with Gasteiger partial charge in [-0.3, -0.25) is 0 Å². The van der Waals surface area contributed by atoms with Gasteiger partial charge in [0.1, 0.15) is 0 Å². The first-order valence-electron chi connectivity index (χ1n) is 8.24. The molecule has 0 saturated heterocycles. The minimum absolute atomic E-state index is 0.143. The highest BCUT2D eigenvalue weighted by Crippen LogP contribution is 2.33. The Hall–Kier alpha value is -2.85. The van der Waals surface area contributed by atoms with E-state index < -0.39 is 21.9 Å². The van der Waals surface area contributed by atoms with Gasteiger partial charge >= 0.3 is 6.18 Å². The van der Waals surface area contributed by atoms with Crippen LogP contribution in [0.1, 0.15) is 12.6 Å². The third-order valence-electron chi connectivity index (χ3n) is 3.97. The standard InChI is InChI=1S/C18H17F3N4O2S/c1-2-23-13-5-3-12(4-6-13)16-11-17(18(19,20)21)24-25(16)14-7-9-15(10-8-14)28(22,26)27/h3-11,23H,2H2,1H3,(H2,22,26,27). The Balaban J connectivity index is 2.10. The topological polar surface area (TPSA) is 90.0 Å². The van der Waals surface area contributed by atoms with E-state index in [0.717, 1.165) is 16.4 Å². The number of aromatic nitrogens is 2. The van der Waals surface area contributed by atoms with Gasteiger partial charge in [-0.15, -0.1) is 0 Å². The number of rotatable bonds is 5. The summed E-state index contributed by atoms with van der Waals surface area (Å²) in [5, 5.41) is 11.8. The lowest BCUT2D eigenvalue weighted by Crippen LogP contribution is -2.12. The summed E-state index contributed by atoms with van der Waals surface area (Å²) in [5.74, 6) is 0. The van der Waals surface area contributed by atoms with Crippen LogP contribution in [0, 0.1) is 0 Å². The fourth-order valence-corrected chi connectivity index (χ4v) is 3.18. The van der Waals surface area contributed by atoms with Gasteiger partial charge in [0.15, 0.2) is 5.69 Å². The number of hydrogen-bond donors (Lipinski definition) is 2. The zero-order chi connectivity index (χ0) is 20.5. The Morgan fingerprint density at radius 2 is 1.68 bits per heavy atom. The van der Waals surface area contributed by atoms with E-state index in [1.807, 2.05) is 6.92 Å². The molecule has 148 valence electrons. The largest absolute Gasteiger partial charge is 0.435 e. The summed E-state index contributed by atoms with van der Waals surface area (Å²) in [6.07, 6.45) is -4.62. The number of alkyl halides is 3. The van der Waals surface area contributed by atoms with Crippen molar-refractivity contribution in [1.29, 1.82) is 0 Å². The molecule has 10 heteroatoms. The number of nitrogens with two attached hydrogens (primary N) is 1. The highest BCUT2D eigenvalue weighted by atomic mass is 32.2. The van der Waals surface area contributed by atoms with Crippen molar-refractivity contribution in [2.45, 2.75) is 18.0 Å². The summed E-state index contributed by atoms with van der Waals surface area (Å²) in [6, 6.07) is 13.0. The predicted octanol–water partition coefficient (Wildman–Crippen LogP) is 3.64. The minimum Gasteiger partial charge on any atom is -0.385 e. The highest BCUT2D eigenvalue weighted by Gasteiger charge is 2.35. The van der Waals surface area contributed by atoms with Crippen LogP contribution in [-0.2, 0) is 16.2 Å². The predicted molar refractivity (Wildman–Crippen MR) is 99.5 cm³/mol. The van der Waals surface area contributed by atoms with Crippen molar-refractivity contribution in [2.24, 2.45) is 5.14 Å². The van der Waals surface area contributed by atoms with E-state index in [1.165, 1.54) is 24.3 Å². The van der Waals surface area contributed by atoms with Crippen LogP contribution in [0.4, 0.5) is 18.9 Å². The Morgan fingerprint density at radius 3 is 2.18 bits per heavy atom. The Morgan fingerprint density at radius 1 is 1.07 bits per heavy atom. The molecule has 1 heterocycles. The number of primary sulfonamides is 1. The summed E-state index contributed by atoms with van der Waals surface area (Å²) in [5.41, 5.74) is 0.812. The number of halogens is 3. The average Bonchev–Trinajstić information content (AvgIpc) is 3.08. The summed E-state index contributed by atoms with van der Waals surface area (Å²) < 4.78 is 63.6. The molecule has 0 aliphatic rings. The van der Waals surface area contributed by atoms with Crippen molar-refractivity contribution in [3.8, 4) is 16.9 Å². The first-order chi connectivity index (χ1) is 13.1. The molecule has 0 bridgehead atoms. The van der Waals surface area contributed by atoms with Gasteiger partial charge in [0.2, 0.25) is 10.0 Å². The number of hydrogen-bond acceptors (Lipinski definition) is 4. The SMILES string of the molecule is CCNc1ccc(-c2cc(C(F)(F)F)nn2-c2ccc(S(N)(=O)=O)cc2)cc1. The summed E-state index contributed by atoms with van der Waals surface area (Å²) >= 11 is 0. The van der Waals surface area contributed by atoms with Crippen molar-refractivity contribution in [3.63, 3.8) is 0 Å². The molecular formula is C18H17F3N4O2S. The zero-order valence-corrected chi connectivity index (χ0v) is 15.6. The first-order valence-corrected chi connectivity index (χ1v) is 9.79. The van der Waals surface area contributed by atoms with Gasteiger partial charge in [0.05, 0.1) is 16.3 Å². The summed E-state index contributed by atoms with van der Waals surface area (Å²) in [6.45, 7) is 2.65. The molecule has 0 fully saturated rings. The quantitative estimate of drug-likeness (QED) is 0.672. The molecule has 0 aliphatic heterocycles. The van der Waals surface area contributed by atoms with Gasteiger partial charge < -0.3 is 5.32 Å². The molecule has 2 aromatic carbocycles. The molecular weight excluding hydrogens is 393 g/mol. The molecule has 0 amide bonds. The summed E-state index contributed by atoms with van der Waals surface area (Å²) in [7, 11) is -3.91. The zero-order valence-electron chi connectivity index (χ0n) is 14.7. The van der Waals surface area contributed by atoms with Crippen LogP contribution < -0.4 is 10.5 Å². The fourth-order valence-electron chi connectivity index (χ4n) is 2.66. The van der Waals surface area contributed by atoms with Gasteiger partial charge in [-0.1, -0.05) is 12.1 Å². The maximum atomic E-state index is 13.2. The molecule has 6 nitrogen and oxygen atoms in total. The second-order valence-electron chi connectivity index (χ2n) is 5.97. The van der Waals surface area contributed by atoms with E-state index in [1.54, 1.807) is 24.3 Å². The van der Waals surface area contributed by atoms with E-state index in [9.17, 15) is 21.6 Å². The minimum atomic E-state index is -4.62. The van der Waals surface area contributed by atoms with Crippen molar-refractivity contribution in [3.05, 3.63) is 60.3 Å². The Bertz CT molecular complexity index is 1070. The van der Waals surface area contributed by atoms with Crippen LogP contribution in [0.15, 0.2) is 59.5 Å². The Kier molecular flexibility index (Phi) is 5.18. The molecule has 3 N–H and O–H groups in total. The maximum Gasteiger partial charge on any atom is 0.435 e. The molecule has 3 rings (SSSR count). The molecule has 0 saturated carbocycles. The van der Waals surface area contributed by atoms with Gasteiger partial charge in [0, 0.05) is 17.8 Å². The Labute approximate surface area is 159 Å². The first kappa shape index (κ1) is 19.9. The van der Waals surface area contributed by atoms with E-state index in [0.29, 0.717) is 12.1 Å². The van der Waals surface area contributed by atoms with Crippen LogP contribution in [0.3, 0.4) is 0 Å². The lowest BCUT2D eigenvalue weighted by Gasteiger charge is -2.09. The van der Waals surface area contributed by atoms with Crippen LogP contribution in [0.25, 0.3) is 16.9 Å². The number of anilines is 1. The highest BCUT2D eigenvalue weighted by molar-refractivity contribution is 7.89. The van der Waals surface area contributed by atoms with Gasteiger partial charge in [-0.25, -0.2) is 18.2 Å². The second kappa shape index (κ2) is 7.28. The normalized spacial score (nSPS) is 12.2. The molecule has 0 radical (unpaired) electrons. The second-order valence-corrected chi connectivity index (χ2v) is 7.53. The molecule has 3 aromatic rings. The molecule has 1 aromatic heterocycles. The van der Waals surface area contributed by atoms with Gasteiger partial charge in [0.25, 0.3) is 0 Å². The van der Waals surface area contributed by atoms with E-state index in [2.05, 4.69) is 10.4 Å². The average molecular weight is 410 g/mol. The molecule has 0 unspecified atom stereocenters. The van der Waals surface area contributed by atoms with Crippen molar-refractivity contribution in [1.82, 2.24) is 9.78 Å². The molecule has 0 atom stereocenters.